The SMILES string of the molecule is CN=C(NCCc1nc(C)c(C)s1)NCC1CN(C)CCO1. The van der Waals surface area contributed by atoms with Crippen LogP contribution in [0.15, 0.2) is 4.99 Å². The first-order chi connectivity index (χ1) is 10.6. The summed E-state index contributed by atoms with van der Waals surface area (Å²) >= 11 is 1.77. The van der Waals surface area contributed by atoms with Gasteiger partial charge in [0.05, 0.1) is 23.4 Å². The van der Waals surface area contributed by atoms with Gasteiger partial charge in [0.2, 0.25) is 0 Å². The molecule has 124 valence electrons. The Morgan fingerprint density at radius 2 is 2.27 bits per heavy atom. The number of hydrogen-bond acceptors (Lipinski definition) is 5. The quantitative estimate of drug-likeness (QED) is 0.619. The van der Waals surface area contributed by atoms with Crippen molar-refractivity contribution in [3.05, 3.63) is 15.6 Å². The third-order valence-corrected chi connectivity index (χ3v) is 4.90. The van der Waals surface area contributed by atoms with Crippen molar-refractivity contribution in [2.24, 2.45) is 4.99 Å². The molecule has 2 heterocycles. The van der Waals surface area contributed by atoms with Gasteiger partial charge in [-0.3, -0.25) is 4.99 Å². The fourth-order valence-corrected chi connectivity index (χ4v) is 3.29. The first kappa shape index (κ1) is 17.2. The van der Waals surface area contributed by atoms with Crippen LogP contribution in [-0.2, 0) is 11.2 Å². The number of nitrogens with one attached hydrogen (secondary N) is 2. The summed E-state index contributed by atoms with van der Waals surface area (Å²) in [6.45, 7) is 8.56. The highest BCUT2D eigenvalue weighted by Crippen LogP contribution is 2.16. The van der Waals surface area contributed by atoms with Crippen molar-refractivity contribution < 1.29 is 4.74 Å². The molecule has 1 aromatic heterocycles. The Kier molecular flexibility index (Phi) is 6.60. The summed E-state index contributed by atoms with van der Waals surface area (Å²) in [6.07, 6.45) is 1.14. The van der Waals surface area contributed by atoms with E-state index in [1.165, 1.54) is 9.88 Å². The smallest absolute Gasteiger partial charge is 0.191 e. The van der Waals surface area contributed by atoms with E-state index in [0.29, 0.717) is 0 Å². The third kappa shape index (κ3) is 5.23. The number of thiazole rings is 1. The molecular weight excluding hydrogens is 298 g/mol. The van der Waals surface area contributed by atoms with E-state index in [0.717, 1.165) is 50.9 Å². The normalized spacial score (nSPS) is 20.2. The predicted octanol–water partition coefficient (Wildman–Crippen LogP) is 0.798. The lowest BCUT2D eigenvalue weighted by molar-refractivity contribution is -0.0161. The number of likely N-dealkylation sites (N-methyl/N-ethyl adjacent to an activating group) is 1. The van der Waals surface area contributed by atoms with Crippen molar-refractivity contribution in [2.45, 2.75) is 26.4 Å². The molecule has 2 rings (SSSR count). The lowest BCUT2D eigenvalue weighted by atomic mass is 10.3. The molecule has 0 aromatic carbocycles. The molecule has 0 bridgehead atoms. The average Bonchev–Trinajstić information content (AvgIpc) is 2.81. The van der Waals surface area contributed by atoms with Crippen molar-refractivity contribution in [3.8, 4) is 0 Å². The standard InChI is InChI=1S/C15H27N5OS/c1-11-12(2)22-14(19-11)5-6-17-15(16-3)18-9-13-10-20(4)7-8-21-13/h13H,5-10H2,1-4H3,(H2,16,17,18). The molecule has 0 radical (unpaired) electrons. The Morgan fingerprint density at radius 3 is 2.91 bits per heavy atom. The first-order valence-corrected chi connectivity index (χ1v) is 8.57. The van der Waals surface area contributed by atoms with E-state index < -0.39 is 0 Å². The summed E-state index contributed by atoms with van der Waals surface area (Å²) in [7, 11) is 3.92. The number of nitrogens with zero attached hydrogens (tertiary/aromatic N) is 3. The number of ether oxygens (including phenoxy) is 1. The van der Waals surface area contributed by atoms with E-state index in [2.05, 4.69) is 46.4 Å². The van der Waals surface area contributed by atoms with Crippen molar-refractivity contribution >= 4 is 17.3 Å². The molecular formula is C15H27N5OS. The Bertz CT molecular complexity index is 483. The third-order valence-electron chi connectivity index (χ3n) is 3.77. The van der Waals surface area contributed by atoms with E-state index in [1.807, 2.05) is 0 Å². The van der Waals surface area contributed by atoms with Gasteiger partial charge in [-0.25, -0.2) is 4.98 Å². The van der Waals surface area contributed by atoms with Crippen LogP contribution in [0.1, 0.15) is 15.6 Å². The molecule has 2 N–H and O–H groups in total. The van der Waals surface area contributed by atoms with Gasteiger partial charge in [0, 0.05) is 44.5 Å². The molecule has 1 aliphatic heterocycles. The Morgan fingerprint density at radius 1 is 1.45 bits per heavy atom. The number of aromatic nitrogens is 1. The molecule has 1 aliphatic rings. The zero-order valence-corrected chi connectivity index (χ0v) is 14.8. The summed E-state index contributed by atoms with van der Waals surface area (Å²) in [6, 6.07) is 0. The fraction of sp³-hybridized carbons (Fsp3) is 0.733. The summed E-state index contributed by atoms with van der Waals surface area (Å²) in [5, 5.41) is 7.84. The second-order valence-electron chi connectivity index (χ2n) is 5.63. The van der Waals surface area contributed by atoms with Gasteiger partial charge in [-0.05, 0) is 20.9 Å². The van der Waals surface area contributed by atoms with Crippen LogP contribution in [0, 0.1) is 13.8 Å². The van der Waals surface area contributed by atoms with Gasteiger partial charge in [0.25, 0.3) is 0 Å². The van der Waals surface area contributed by atoms with Crippen LogP contribution in [-0.4, -0.2) is 68.8 Å². The molecule has 1 aromatic rings. The molecule has 22 heavy (non-hydrogen) atoms. The number of aryl methyl sites for hydroxylation is 2. The number of rotatable bonds is 5. The Balaban J connectivity index is 1.68. The van der Waals surface area contributed by atoms with Crippen LogP contribution < -0.4 is 10.6 Å². The Labute approximate surface area is 137 Å². The summed E-state index contributed by atoms with van der Waals surface area (Å²) in [5.41, 5.74) is 1.14. The molecule has 0 amide bonds. The zero-order valence-electron chi connectivity index (χ0n) is 14.0. The molecule has 7 heteroatoms. The molecule has 0 saturated carbocycles. The molecule has 0 aliphatic carbocycles. The van der Waals surface area contributed by atoms with E-state index in [4.69, 9.17) is 4.74 Å². The maximum absolute atomic E-state index is 5.74. The molecule has 1 saturated heterocycles. The van der Waals surface area contributed by atoms with Crippen molar-refractivity contribution in [3.63, 3.8) is 0 Å². The fourth-order valence-electron chi connectivity index (χ4n) is 2.36. The topological polar surface area (TPSA) is 61.8 Å². The average molecular weight is 325 g/mol. The second kappa shape index (κ2) is 8.45. The van der Waals surface area contributed by atoms with Gasteiger partial charge in [-0.1, -0.05) is 0 Å². The van der Waals surface area contributed by atoms with E-state index >= 15 is 0 Å². The van der Waals surface area contributed by atoms with E-state index in [1.54, 1.807) is 18.4 Å². The maximum atomic E-state index is 5.74. The predicted molar refractivity (Wildman–Crippen MR) is 91.9 cm³/mol. The highest BCUT2D eigenvalue weighted by molar-refractivity contribution is 7.11. The second-order valence-corrected chi connectivity index (χ2v) is 6.92. The van der Waals surface area contributed by atoms with Crippen LogP contribution >= 0.6 is 11.3 Å². The summed E-state index contributed by atoms with van der Waals surface area (Å²) in [4.78, 5) is 12.4. The minimum Gasteiger partial charge on any atom is -0.374 e. The van der Waals surface area contributed by atoms with Crippen molar-refractivity contribution in [2.75, 3.05) is 46.9 Å². The molecule has 0 spiro atoms. The zero-order chi connectivity index (χ0) is 15.9. The van der Waals surface area contributed by atoms with Gasteiger partial charge >= 0.3 is 0 Å². The van der Waals surface area contributed by atoms with Gasteiger partial charge < -0.3 is 20.3 Å². The monoisotopic (exact) mass is 325 g/mol. The molecule has 1 fully saturated rings. The summed E-state index contributed by atoms with van der Waals surface area (Å²) in [5.74, 6) is 0.821. The lowest BCUT2D eigenvalue weighted by Crippen LogP contribution is -2.48. The highest BCUT2D eigenvalue weighted by atomic mass is 32.1. The molecule has 1 atom stereocenters. The number of guanidine groups is 1. The summed E-state index contributed by atoms with van der Waals surface area (Å²) < 4.78 is 5.74. The minimum absolute atomic E-state index is 0.224. The van der Waals surface area contributed by atoms with Crippen LogP contribution in [0.2, 0.25) is 0 Å². The Hall–Kier alpha value is -1.18. The van der Waals surface area contributed by atoms with E-state index in [-0.39, 0.29) is 6.10 Å². The first-order valence-electron chi connectivity index (χ1n) is 7.76. The lowest BCUT2D eigenvalue weighted by Gasteiger charge is -2.30. The van der Waals surface area contributed by atoms with Crippen LogP contribution in [0.25, 0.3) is 0 Å². The minimum atomic E-state index is 0.224. The number of hydrogen-bond donors (Lipinski definition) is 2. The number of morpholine rings is 1. The van der Waals surface area contributed by atoms with Crippen molar-refractivity contribution in [1.82, 2.24) is 20.5 Å². The molecule has 6 nitrogen and oxygen atoms in total. The van der Waals surface area contributed by atoms with Gasteiger partial charge in [0.15, 0.2) is 5.96 Å². The van der Waals surface area contributed by atoms with Crippen LogP contribution in [0.5, 0.6) is 0 Å². The van der Waals surface area contributed by atoms with Crippen LogP contribution in [0.4, 0.5) is 0 Å². The van der Waals surface area contributed by atoms with Gasteiger partial charge in [-0.15, -0.1) is 11.3 Å². The van der Waals surface area contributed by atoms with E-state index in [9.17, 15) is 0 Å². The highest BCUT2D eigenvalue weighted by Gasteiger charge is 2.17. The molecule has 1 unspecified atom stereocenters. The van der Waals surface area contributed by atoms with Gasteiger partial charge in [0.1, 0.15) is 0 Å². The van der Waals surface area contributed by atoms with Crippen LogP contribution in [0.3, 0.4) is 0 Å². The van der Waals surface area contributed by atoms with Crippen molar-refractivity contribution in [1.29, 1.82) is 0 Å². The maximum Gasteiger partial charge on any atom is 0.191 e. The van der Waals surface area contributed by atoms with Gasteiger partial charge in [-0.2, -0.15) is 0 Å². The number of aliphatic imine (C=N–C) groups is 1. The largest absolute Gasteiger partial charge is 0.374 e.